The number of hydrogen-bond acceptors (Lipinski definition) is 5. The van der Waals surface area contributed by atoms with Crippen LogP contribution in [0.25, 0.3) is 11.1 Å². The van der Waals surface area contributed by atoms with Gasteiger partial charge in [0, 0.05) is 12.0 Å². The van der Waals surface area contributed by atoms with Crippen molar-refractivity contribution in [3.63, 3.8) is 0 Å². The summed E-state index contributed by atoms with van der Waals surface area (Å²) in [6.07, 6.45) is 0.221. The molecule has 0 radical (unpaired) electrons. The largest absolute Gasteiger partial charge is 0.493 e. The topological polar surface area (TPSA) is 143 Å². The minimum atomic E-state index is -1.58. The number of aromatic carboxylic acids is 2. The van der Waals surface area contributed by atoms with Gasteiger partial charge in [-0.25, -0.2) is 9.59 Å². The number of aromatic nitrogens is 1. The lowest BCUT2D eigenvalue weighted by Crippen LogP contribution is -2.24. The van der Waals surface area contributed by atoms with Gasteiger partial charge in [0.1, 0.15) is 22.7 Å². The van der Waals surface area contributed by atoms with Gasteiger partial charge in [-0.1, -0.05) is 12.1 Å². The highest BCUT2D eigenvalue weighted by molar-refractivity contribution is 6.07. The molecule has 0 aliphatic rings. The summed E-state index contributed by atoms with van der Waals surface area (Å²) in [7, 11) is 0. The number of carboxylic acid groups (broad SMARTS) is 2. The fourth-order valence-corrected chi connectivity index (χ4v) is 2.30. The van der Waals surface area contributed by atoms with Crippen molar-refractivity contribution < 1.29 is 28.9 Å². The first-order chi connectivity index (χ1) is 11.9. The number of nitrogens with one attached hydrogen (secondary N) is 1. The van der Waals surface area contributed by atoms with Gasteiger partial charge in [-0.05, 0) is 17.7 Å². The van der Waals surface area contributed by atoms with Crippen molar-refractivity contribution in [3.8, 4) is 16.9 Å². The zero-order chi connectivity index (χ0) is 18.6. The molecule has 1 aromatic carbocycles. The molecule has 132 valence electrons. The van der Waals surface area contributed by atoms with Gasteiger partial charge in [0.05, 0.1) is 13.3 Å². The fraction of sp³-hybridized carbons (Fsp3) is 0.188. The fourth-order valence-electron chi connectivity index (χ4n) is 2.30. The number of carboxylic acids is 2. The van der Waals surface area contributed by atoms with Gasteiger partial charge in [-0.2, -0.15) is 0 Å². The van der Waals surface area contributed by atoms with E-state index in [4.69, 9.17) is 10.5 Å². The SMILES string of the molecule is Nc1[nH]c(=O)c(C(=O)O)c(-c2ccc(OCCCF)cc2)c1C(=O)O. The number of halogens is 1. The number of aromatic amines is 1. The van der Waals surface area contributed by atoms with Crippen LogP contribution in [0.5, 0.6) is 5.75 Å². The van der Waals surface area contributed by atoms with E-state index in [1.54, 1.807) is 0 Å². The molecule has 0 aliphatic carbocycles. The van der Waals surface area contributed by atoms with Crippen molar-refractivity contribution >= 4 is 17.8 Å². The van der Waals surface area contributed by atoms with Gasteiger partial charge < -0.3 is 25.7 Å². The molecule has 0 saturated heterocycles. The molecule has 0 aliphatic heterocycles. The summed E-state index contributed by atoms with van der Waals surface area (Å²) in [6.45, 7) is -0.358. The van der Waals surface area contributed by atoms with E-state index < -0.39 is 41.1 Å². The van der Waals surface area contributed by atoms with Crippen LogP contribution in [0, 0.1) is 0 Å². The summed E-state index contributed by atoms with van der Waals surface area (Å²) in [6, 6.07) is 5.72. The molecule has 0 saturated carbocycles. The number of rotatable bonds is 7. The molecule has 0 amide bonds. The minimum Gasteiger partial charge on any atom is -0.493 e. The van der Waals surface area contributed by atoms with Crippen molar-refractivity contribution in [2.24, 2.45) is 0 Å². The van der Waals surface area contributed by atoms with Gasteiger partial charge in [-0.15, -0.1) is 0 Å². The predicted molar refractivity (Wildman–Crippen MR) is 86.9 cm³/mol. The Kier molecular flexibility index (Phi) is 5.38. The average Bonchev–Trinajstić information content (AvgIpc) is 2.54. The second kappa shape index (κ2) is 7.47. The predicted octanol–water partition coefficient (Wildman–Crippen LogP) is 1.76. The lowest BCUT2D eigenvalue weighted by molar-refractivity contribution is 0.0695. The third-order valence-electron chi connectivity index (χ3n) is 3.36. The molecule has 0 spiro atoms. The standard InChI is InChI=1S/C16H15FN2O6/c17-6-1-7-25-9-4-2-8(3-5-9)10-11(15(21)22)13(18)19-14(20)12(10)16(23)24/h2-5H,1,6-7H2,(H,21,22)(H,23,24)(H3,18,19,20). The summed E-state index contributed by atoms with van der Waals surface area (Å²) in [5, 5.41) is 18.6. The molecule has 2 aromatic rings. The number of hydrogen-bond donors (Lipinski definition) is 4. The number of carbonyl (C=O) groups is 2. The molecule has 0 unspecified atom stereocenters. The first kappa shape index (κ1) is 18.0. The van der Waals surface area contributed by atoms with Crippen LogP contribution in [-0.4, -0.2) is 40.4 Å². The zero-order valence-electron chi connectivity index (χ0n) is 12.9. The zero-order valence-corrected chi connectivity index (χ0v) is 12.9. The highest BCUT2D eigenvalue weighted by atomic mass is 19.1. The molecule has 0 bridgehead atoms. The van der Waals surface area contributed by atoms with Crippen LogP contribution in [0.4, 0.5) is 10.2 Å². The number of pyridine rings is 1. The van der Waals surface area contributed by atoms with Crippen LogP contribution in [0.15, 0.2) is 29.1 Å². The summed E-state index contributed by atoms with van der Waals surface area (Å²) in [4.78, 5) is 36.9. The van der Waals surface area contributed by atoms with Crippen molar-refractivity contribution in [1.82, 2.24) is 4.98 Å². The van der Waals surface area contributed by atoms with E-state index in [1.807, 2.05) is 4.98 Å². The summed E-state index contributed by atoms with van der Waals surface area (Å²) >= 11 is 0. The molecule has 1 heterocycles. The van der Waals surface area contributed by atoms with E-state index in [1.165, 1.54) is 24.3 Å². The number of ether oxygens (including phenoxy) is 1. The van der Waals surface area contributed by atoms with E-state index in [9.17, 15) is 29.0 Å². The number of anilines is 1. The van der Waals surface area contributed by atoms with Crippen LogP contribution >= 0.6 is 0 Å². The third kappa shape index (κ3) is 3.77. The van der Waals surface area contributed by atoms with E-state index in [2.05, 4.69) is 0 Å². The van der Waals surface area contributed by atoms with Crippen LogP contribution in [0.2, 0.25) is 0 Å². The van der Waals surface area contributed by atoms with Gasteiger partial charge >= 0.3 is 11.9 Å². The minimum absolute atomic E-state index is 0.161. The lowest BCUT2D eigenvalue weighted by Gasteiger charge is -2.12. The van der Waals surface area contributed by atoms with E-state index in [-0.39, 0.29) is 24.2 Å². The summed E-state index contributed by atoms with van der Waals surface area (Å²) < 4.78 is 17.3. The Labute approximate surface area is 140 Å². The normalized spacial score (nSPS) is 10.4. The molecule has 9 heteroatoms. The van der Waals surface area contributed by atoms with E-state index in [0.717, 1.165) is 0 Å². The molecule has 2 rings (SSSR count). The van der Waals surface area contributed by atoms with Crippen LogP contribution < -0.4 is 16.0 Å². The van der Waals surface area contributed by atoms with Gasteiger partial charge in [0.25, 0.3) is 5.56 Å². The van der Waals surface area contributed by atoms with Crippen molar-refractivity contribution in [3.05, 3.63) is 45.7 Å². The Balaban J connectivity index is 2.59. The maximum Gasteiger partial charge on any atom is 0.342 e. The molecular weight excluding hydrogens is 335 g/mol. The number of nitrogen functional groups attached to an aromatic ring is 1. The number of alkyl halides is 1. The smallest absolute Gasteiger partial charge is 0.342 e. The molecule has 25 heavy (non-hydrogen) atoms. The molecule has 0 fully saturated rings. The average molecular weight is 350 g/mol. The molecule has 1 aromatic heterocycles. The number of H-pyrrole nitrogens is 1. The van der Waals surface area contributed by atoms with Crippen molar-refractivity contribution in [2.45, 2.75) is 6.42 Å². The summed E-state index contributed by atoms with van der Waals surface area (Å²) in [5.74, 6) is -3.11. The molecular formula is C16H15FN2O6. The quantitative estimate of drug-likeness (QED) is 0.557. The summed E-state index contributed by atoms with van der Waals surface area (Å²) in [5.41, 5.74) is 3.19. The van der Waals surface area contributed by atoms with Crippen LogP contribution in [0.3, 0.4) is 0 Å². The van der Waals surface area contributed by atoms with Crippen LogP contribution in [0.1, 0.15) is 27.1 Å². The Hall–Kier alpha value is -3.36. The monoisotopic (exact) mass is 350 g/mol. The number of benzene rings is 1. The highest BCUT2D eigenvalue weighted by Crippen LogP contribution is 2.30. The second-order valence-corrected chi connectivity index (χ2v) is 5.02. The Morgan fingerprint density at radius 1 is 1.12 bits per heavy atom. The number of nitrogens with two attached hydrogens (primary N) is 1. The molecule has 0 atom stereocenters. The Morgan fingerprint density at radius 2 is 1.72 bits per heavy atom. The second-order valence-electron chi connectivity index (χ2n) is 5.02. The van der Waals surface area contributed by atoms with Crippen molar-refractivity contribution in [2.75, 3.05) is 19.0 Å². The first-order valence-corrected chi connectivity index (χ1v) is 7.18. The highest BCUT2D eigenvalue weighted by Gasteiger charge is 2.26. The van der Waals surface area contributed by atoms with E-state index in [0.29, 0.717) is 5.75 Å². The Morgan fingerprint density at radius 3 is 2.24 bits per heavy atom. The van der Waals surface area contributed by atoms with Crippen LogP contribution in [-0.2, 0) is 0 Å². The van der Waals surface area contributed by atoms with Gasteiger partial charge in [0.15, 0.2) is 0 Å². The molecule has 8 nitrogen and oxygen atoms in total. The maximum atomic E-state index is 12.1. The van der Waals surface area contributed by atoms with Gasteiger partial charge in [0.2, 0.25) is 0 Å². The first-order valence-electron chi connectivity index (χ1n) is 7.18. The van der Waals surface area contributed by atoms with Crippen molar-refractivity contribution in [1.29, 1.82) is 0 Å². The Bertz CT molecular complexity index is 860. The lowest BCUT2D eigenvalue weighted by atomic mass is 9.95. The van der Waals surface area contributed by atoms with E-state index >= 15 is 0 Å². The van der Waals surface area contributed by atoms with Gasteiger partial charge in [-0.3, -0.25) is 9.18 Å². The third-order valence-corrected chi connectivity index (χ3v) is 3.36. The molecule has 5 N–H and O–H groups in total. The maximum absolute atomic E-state index is 12.1.